The number of hydrogen-bond donors (Lipinski definition) is 2. The number of nitrogens with one attached hydrogen (secondary N) is 1. The molecule has 0 spiro atoms. The monoisotopic (exact) mass is 304 g/mol. The summed E-state index contributed by atoms with van der Waals surface area (Å²) < 4.78 is 0. The summed E-state index contributed by atoms with van der Waals surface area (Å²) in [5, 5.41) is 12.9. The second-order valence-electron chi connectivity index (χ2n) is 3.50. The van der Waals surface area contributed by atoms with Crippen molar-refractivity contribution in [3.63, 3.8) is 0 Å². The number of carboxylic acid groups (broad SMARTS) is 1. The van der Waals surface area contributed by atoms with Gasteiger partial charge >= 0.3 is 5.97 Å². The lowest BCUT2D eigenvalue weighted by Crippen LogP contribution is -2.12. The van der Waals surface area contributed by atoms with E-state index in [1.807, 2.05) is 0 Å². The van der Waals surface area contributed by atoms with Crippen LogP contribution in [0, 0.1) is 0 Å². The van der Waals surface area contributed by atoms with E-state index in [9.17, 15) is 4.79 Å². The smallest absolute Gasteiger partial charge is 0.322 e. The van der Waals surface area contributed by atoms with Gasteiger partial charge in [-0.2, -0.15) is 0 Å². The van der Waals surface area contributed by atoms with E-state index in [1.54, 1.807) is 12.1 Å². The minimum Gasteiger partial charge on any atom is -0.480 e. The zero-order valence-corrected chi connectivity index (χ0v) is 11.1. The zero-order valence-electron chi connectivity index (χ0n) is 8.88. The van der Waals surface area contributed by atoms with Gasteiger partial charge < -0.3 is 10.4 Å². The highest BCUT2D eigenvalue weighted by atomic mass is 35.5. The zero-order chi connectivity index (χ0) is 13.3. The van der Waals surface area contributed by atoms with Crippen LogP contribution in [0.3, 0.4) is 0 Å². The second-order valence-corrected chi connectivity index (χ2v) is 4.67. The normalized spacial score (nSPS) is 10.6. The third kappa shape index (κ3) is 2.61. The second kappa shape index (κ2) is 5.18. The number of pyridine rings is 1. The highest BCUT2D eigenvalue weighted by Gasteiger charge is 2.11. The minimum atomic E-state index is -0.976. The number of carboxylic acids is 1. The van der Waals surface area contributed by atoms with Gasteiger partial charge in [0.15, 0.2) is 0 Å². The SMILES string of the molecule is O=C(O)CNc1cc(Cl)nc2c(Cl)c(Cl)ccc12. The summed E-state index contributed by atoms with van der Waals surface area (Å²) in [5.41, 5.74) is 0.982. The van der Waals surface area contributed by atoms with Crippen LogP contribution in [-0.2, 0) is 4.79 Å². The fraction of sp³-hybridized carbons (Fsp3) is 0.0909. The maximum Gasteiger partial charge on any atom is 0.322 e. The summed E-state index contributed by atoms with van der Waals surface area (Å²) in [6.07, 6.45) is 0. The predicted octanol–water partition coefficient (Wildman–Crippen LogP) is 3.69. The number of nitrogens with zero attached hydrogens (tertiary/aromatic N) is 1. The number of carbonyl (C=O) groups is 1. The molecule has 7 heteroatoms. The predicted molar refractivity (Wildman–Crippen MR) is 72.9 cm³/mol. The number of anilines is 1. The van der Waals surface area contributed by atoms with E-state index in [0.717, 1.165) is 0 Å². The molecule has 2 N–H and O–H groups in total. The summed E-state index contributed by atoms with van der Waals surface area (Å²) >= 11 is 17.8. The Hall–Kier alpha value is -1.23. The Kier molecular flexibility index (Phi) is 3.80. The van der Waals surface area contributed by atoms with E-state index in [4.69, 9.17) is 39.9 Å². The number of halogens is 3. The van der Waals surface area contributed by atoms with Crippen molar-refractivity contribution in [1.29, 1.82) is 0 Å². The fourth-order valence-electron chi connectivity index (χ4n) is 1.52. The Labute approximate surface area is 117 Å². The van der Waals surface area contributed by atoms with Crippen LogP contribution in [0.25, 0.3) is 10.9 Å². The molecule has 1 aromatic carbocycles. The Bertz CT molecular complexity index is 631. The van der Waals surface area contributed by atoms with Gasteiger partial charge in [-0.15, -0.1) is 0 Å². The van der Waals surface area contributed by atoms with E-state index < -0.39 is 5.97 Å². The van der Waals surface area contributed by atoms with Crippen molar-refractivity contribution in [1.82, 2.24) is 4.98 Å². The van der Waals surface area contributed by atoms with Crippen LogP contribution >= 0.6 is 34.8 Å². The van der Waals surface area contributed by atoms with Crippen molar-refractivity contribution in [3.05, 3.63) is 33.4 Å². The molecule has 0 saturated heterocycles. The topological polar surface area (TPSA) is 62.2 Å². The van der Waals surface area contributed by atoms with E-state index >= 15 is 0 Å². The first-order valence-corrected chi connectivity index (χ1v) is 6.02. The molecule has 0 bridgehead atoms. The van der Waals surface area contributed by atoms with Gasteiger partial charge in [0.1, 0.15) is 11.7 Å². The summed E-state index contributed by atoms with van der Waals surface area (Å²) in [5.74, 6) is -0.976. The van der Waals surface area contributed by atoms with E-state index in [0.29, 0.717) is 21.6 Å². The molecule has 0 aliphatic rings. The Morgan fingerprint density at radius 3 is 2.72 bits per heavy atom. The first kappa shape index (κ1) is 13.2. The molecule has 0 radical (unpaired) electrons. The first-order valence-electron chi connectivity index (χ1n) is 4.89. The summed E-state index contributed by atoms with van der Waals surface area (Å²) in [7, 11) is 0. The molecule has 0 amide bonds. The van der Waals surface area contributed by atoms with Crippen LogP contribution in [0.1, 0.15) is 0 Å². The molecule has 1 heterocycles. The molecular weight excluding hydrogens is 298 g/mol. The molecule has 0 unspecified atom stereocenters. The van der Waals surface area contributed by atoms with Crippen molar-refractivity contribution in [3.8, 4) is 0 Å². The highest BCUT2D eigenvalue weighted by molar-refractivity contribution is 6.45. The Morgan fingerprint density at radius 2 is 2.06 bits per heavy atom. The fourth-order valence-corrected chi connectivity index (χ4v) is 2.07. The molecule has 0 fully saturated rings. The first-order chi connectivity index (χ1) is 8.49. The molecule has 0 aliphatic carbocycles. The number of aliphatic carboxylic acids is 1. The third-order valence-corrected chi connectivity index (χ3v) is 3.26. The van der Waals surface area contributed by atoms with Crippen molar-refractivity contribution in [2.24, 2.45) is 0 Å². The van der Waals surface area contributed by atoms with Gasteiger partial charge in [-0.1, -0.05) is 34.8 Å². The van der Waals surface area contributed by atoms with Gasteiger partial charge in [0.05, 0.1) is 15.6 Å². The Balaban J connectivity index is 2.59. The standard InChI is InChI=1S/C11H7Cl3N2O2/c12-6-2-1-5-7(15-4-9(17)18)3-8(13)16-11(5)10(6)14/h1-3H,4H2,(H,15,16)(H,17,18). The number of benzene rings is 1. The molecule has 0 atom stereocenters. The van der Waals surface area contributed by atoms with Crippen molar-refractivity contribution in [2.45, 2.75) is 0 Å². The van der Waals surface area contributed by atoms with Gasteiger partial charge in [0.2, 0.25) is 0 Å². The average molecular weight is 306 g/mol. The molecule has 0 saturated carbocycles. The molecular formula is C11H7Cl3N2O2. The van der Waals surface area contributed by atoms with Crippen molar-refractivity contribution in [2.75, 3.05) is 11.9 Å². The summed E-state index contributed by atoms with van der Waals surface area (Å²) in [6.45, 7) is -0.227. The van der Waals surface area contributed by atoms with Crippen LogP contribution < -0.4 is 5.32 Å². The third-order valence-electron chi connectivity index (χ3n) is 2.27. The van der Waals surface area contributed by atoms with Crippen molar-refractivity contribution < 1.29 is 9.90 Å². The van der Waals surface area contributed by atoms with Crippen LogP contribution in [-0.4, -0.2) is 22.6 Å². The summed E-state index contributed by atoms with van der Waals surface area (Å²) in [6, 6.07) is 4.86. The average Bonchev–Trinajstić information content (AvgIpc) is 2.31. The van der Waals surface area contributed by atoms with Crippen LogP contribution in [0.2, 0.25) is 15.2 Å². The number of rotatable bonds is 3. The molecule has 4 nitrogen and oxygen atoms in total. The molecule has 0 aliphatic heterocycles. The quantitative estimate of drug-likeness (QED) is 0.849. The van der Waals surface area contributed by atoms with E-state index in [1.165, 1.54) is 6.07 Å². The largest absolute Gasteiger partial charge is 0.480 e. The van der Waals surface area contributed by atoms with E-state index in [2.05, 4.69) is 10.3 Å². The van der Waals surface area contributed by atoms with Crippen LogP contribution in [0.15, 0.2) is 18.2 Å². The maximum atomic E-state index is 10.6. The molecule has 94 valence electrons. The van der Waals surface area contributed by atoms with Gasteiger partial charge in [-0.3, -0.25) is 4.79 Å². The molecule has 1 aromatic heterocycles. The van der Waals surface area contributed by atoms with Gasteiger partial charge in [-0.05, 0) is 18.2 Å². The lowest BCUT2D eigenvalue weighted by Gasteiger charge is -2.10. The lowest BCUT2D eigenvalue weighted by molar-refractivity contribution is -0.134. The molecule has 2 rings (SSSR count). The Morgan fingerprint density at radius 1 is 1.33 bits per heavy atom. The highest BCUT2D eigenvalue weighted by Crippen LogP contribution is 2.34. The minimum absolute atomic E-state index is 0.208. The number of hydrogen-bond acceptors (Lipinski definition) is 3. The lowest BCUT2D eigenvalue weighted by atomic mass is 10.2. The number of fused-ring (bicyclic) bond motifs is 1. The van der Waals surface area contributed by atoms with Gasteiger partial charge in [0.25, 0.3) is 0 Å². The van der Waals surface area contributed by atoms with Crippen LogP contribution in [0.4, 0.5) is 5.69 Å². The van der Waals surface area contributed by atoms with E-state index in [-0.39, 0.29) is 16.7 Å². The van der Waals surface area contributed by atoms with Crippen LogP contribution in [0.5, 0.6) is 0 Å². The van der Waals surface area contributed by atoms with Gasteiger partial charge in [-0.25, -0.2) is 4.98 Å². The number of aromatic nitrogens is 1. The maximum absolute atomic E-state index is 10.6. The summed E-state index contributed by atoms with van der Waals surface area (Å²) in [4.78, 5) is 14.6. The van der Waals surface area contributed by atoms with Gasteiger partial charge in [0, 0.05) is 11.1 Å². The van der Waals surface area contributed by atoms with Crippen molar-refractivity contribution >= 4 is 57.4 Å². The molecule has 18 heavy (non-hydrogen) atoms. The molecule has 2 aromatic rings.